The molecule has 3 rings (SSSR count). The van der Waals surface area contributed by atoms with Gasteiger partial charge in [-0.2, -0.15) is 5.26 Å². The van der Waals surface area contributed by atoms with Crippen LogP contribution in [0, 0.1) is 11.3 Å². The lowest BCUT2D eigenvalue weighted by molar-refractivity contribution is -0.148. The quantitative estimate of drug-likeness (QED) is 0.824. The Bertz CT molecular complexity index is 871. The fourth-order valence-electron chi connectivity index (χ4n) is 3.29. The van der Waals surface area contributed by atoms with Crippen LogP contribution in [0.2, 0.25) is 0 Å². The number of carbonyl (C=O) groups excluding carboxylic acids is 2. The Morgan fingerprint density at radius 1 is 1.19 bits per heavy atom. The zero-order valence-corrected chi connectivity index (χ0v) is 15.1. The molecule has 6 heteroatoms. The van der Waals surface area contributed by atoms with E-state index < -0.39 is 6.04 Å². The van der Waals surface area contributed by atoms with Gasteiger partial charge in [-0.1, -0.05) is 36.4 Å². The van der Waals surface area contributed by atoms with Crippen molar-refractivity contribution in [2.45, 2.75) is 25.4 Å². The lowest BCUT2D eigenvalue weighted by Crippen LogP contribution is -2.49. The lowest BCUT2D eigenvalue weighted by Gasteiger charge is -2.34. The number of benzene rings is 2. The number of hydrogen-bond donors (Lipinski definition) is 1. The molecule has 0 saturated heterocycles. The number of nitrogens with one attached hydrogen (secondary N) is 1. The van der Waals surface area contributed by atoms with Crippen molar-refractivity contribution < 1.29 is 14.3 Å². The van der Waals surface area contributed by atoms with Gasteiger partial charge in [-0.15, -0.1) is 0 Å². The van der Waals surface area contributed by atoms with Gasteiger partial charge in [0.2, 0.25) is 5.91 Å². The summed E-state index contributed by atoms with van der Waals surface area (Å²) >= 11 is 0. The van der Waals surface area contributed by atoms with Crippen LogP contribution in [0.3, 0.4) is 0 Å². The molecular weight excluding hydrogens is 342 g/mol. The molecule has 138 valence electrons. The van der Waals surface area contributed by atoms with E-state index in [1.807, 2.05) is 41.3 Å². The predicted molar refractivity (Wildman–Crippen MR) is 101 cm³/mol. The molecule has 1 heterocycles. The number of anilines is 1. The molecule has 0 saturated carbocycles. The highest BCUT2D eigenvalue weighted by Crippen LogP contribution is 2.24. The van der Waals surface area contributed by atoms with Crippen LogP contribution >= 0.6 is 0 Å². The maximum Gasteiger partial charge on any atom is 0.323 e. The van der Waals surface area contributed by atoms with Gasteiger partial charge < -0.3 is 10.1 Å². The molecule has 2 aromatic rings. The number of hydrogen-bond acceptors (Lipinski definition) is 5. The number of rotatable bonds is 5. The van der Waals surface area contributed by atoms with Crippen LogP contribution in [-0.4, -0.2) is 36.5 Å². The van der Waals surface area contributed by atoms with E-state index >= 15 is 0 Å². The molecule has 0 fully saturated rings. The van der Waals surface area contributed by atoms with E-state index in [4.69, 9.17) is 10.00 Å². The van der Waals surface area contributed by atoms with Crippen molar-refractivity contribution in [1.29, 1.82) is 5.26 Å². The van der Waals surface area contributed by atoms with Gasteiger partial charge in [0.1, 0.15) is 6.04 Å². The molecule has 1 atom stereocenters. The van der Waals surface area contributed by atoms with Crippen molar-refractivity contribution in [2.24, 2.45) is 0 Å². The Labute approximate surface area is 158 Å². The summed E-state index contributed by atoms with van der Waals surface area (Å²) in [5, 5.41) is 11.6. The van der Waals surface area contributed by atoms with Crippen LogP contribution in [-0.2, 0) is 33.7 Å². The van der Waals surface area contributed by atoms with E-state index in [1.54, 1.807) is 12.1 Å². The summed E-state index contributed by atoms with van der Waals surface area (Å²) in [7, 11) is 1.36. The van der Waals surface area contributed by atoms with Gasteiger partial charge in [0, 0.05) is 12.2 Å². The SMILES string of the molecule is COC(=O)[C@H]1Cc2ccccc2CN1CC(=O)Nc1ccc(CC#N)cc1. The molecule has 0 unspecified atom stereocenters. The van der Waals surface area contributed by atoms with Gasteiger partial charge in [-0.25, -0.2) is 0 Å². The van der Waals surface area contributed by atoms with Gasteiger partial charge in [0.05, 0.1) is 26.1 Å². The van der Waals surface area contributed by atoms with Gasteiger partial charge in [0.15, 0.2) is 0 Å². The maximum absolute atomic E-state index is 12.5. The first-order chi connectivity index (χ1) is 13.1. The summed E-state index contributed by atoms with van der Waals surface area (Å²) in [6.45, 7) is 0.610. The number of methoxy groups -OCH3 is 1. The number of ether oxygens (including phenoxy) is 1. The normalized spacial score (nSPS) is 16.1. The molecule has 0 bridgehead atoms. The second kappa shape index (κ2) is 8.47. The second-order valence-electron chi connectivity index (χ2n) is 6.50. The van der Waals surface area contributed by atoms with E-state index in [0.29, 0.717) is 25.1 Å². The monoisotopic (exact) mass is 363 g/mol. The molecule has 0 spiro atoms. The molecule has 0 aromatic heterocycles. The van der Waals surface area contributed by atoms with E-state index in [-0.39, 0.29) is 18.4 Å². The molecule has 27 heavy (non-hydrogen) atoms. The predicted octanol–water partition coefficient (Wildman–Crippen LogP) is 2.29. The minimum atomic E-state index is -0.478. The van der Waals surface area contributed by atoms with Gasteiger partial charge in [0.25, 0.3) is 0 Å². The summed E-state index contributed by atoms with van der Waals surface area (Å²) in [5.41, 5.74) is 3.78. The number of esters is 1. The summed E-state index contributed by atoms with van der Waals surface area (Å²) in [5.74, 6) is -0.533. The van der Waals surface area contributed by atoms with Gasteiger partial charge in [-0.05, 0) is 35.2 Å². The van der Waals surface area contributed by atoms with Crippen LogP contribution in [0.4, 0.5) is 5.69 Å². The first-order valence-electron chi connectivity index (χ1n) is 8.75. The largest absolute Gasteiger partial charge is 0.468 e. The van der Waals surface area contributed by atoms with Crippen molar-refractivity contribution >= 4 is 17.6 Å². The fraction of sp³-hybridized carbons (Fsp3) is 0.286. The summed E-state index contributed by atoms with van der Waals surface area (Å²) < 4.78 is 4.93. The van der Waals surface area contributed by atoms with Crippen molar-refractivity contribution in [3.05, 3.63) is 65.2 Å². The smallest absolute Gasteiger partial charge is 0.323 e. The van der Waals surface area contributed by atoms with E-state index in [2.05, 4.69) is 11.4 Å². The van der Waals surface area contributed by atoms with Crippen LogP contribution in [0.25, 0.3) is 0 Å². The molecule has 1 aliphatic rings. The van der Waals surface area contributed by atoms with Gasteiger partial charge in [-0.3, -0.25) is 14.5 Å². The van der Waals surface area contributed by atoms with Crippen LogP contribution < -0.4 is 5.32 Å². The minimum Gasteiger partial charge on any atom is -0.468 e. The van der Waals surface area contributed by atoms with Crippen LogP contribution in [0.5, 0.6) is 0 Å². The first-order valence-corrected chi connectivity index (χ1v) is 8.75. The average molecular weight is 363 g/mol. The molecular formula is C21H21N3O3. The molecule has 0 radical (unpaired) electrons. The molecule has 6 nitrogen and oxygen atoms in total. The Morgan fingerprint density at radius 2 is 1.89 bits per heavy atom. The highest BCUT2D eigenvalue weighted by molar-refractivity contribution is 5.92. The summed E-state index contributed by atoms with van der Waals surface area (Å²) in [4.78, 5) is 26.5. The third-order valence-corrected chi connectivity index (χ3v) is 4.69. The topological polar surface area (TPSA) is 82.4 Å². The Hall–Kier alpha value is -3.17. The summed E-state index contributed by atoms with van der Waals surface area (Å²) in [6, 6.07) is 16.7. The number of fused-ring (bicyclic) bond motifs is 1. The van der Waals surface area contributed by atoms with E-state index in [1.165, 1.54) is 7.11 Å². The van der Waals surface area contributed by atoms with Gasteiger partial charge >= 0.3 is 5.97 Å². The van der Waals surface area contributed by atoms with Crippen molar-refractivity contribution in [3.8, 4) is 6.07 Å². The Kier molecular flexibility index (Phi) is 5.84. The fourth-order valence-corrected chi connectivity index (χ4v) is 3.29. The molecule has 1 N–H and O–H groups in total. The van der Waals surface area contributed by atoms with Crippen molar-refractivity contribution in [2.75, 3.05) is 19.0 Å². The maximum atomic E-state index is 12.5. The minimum absolute atomic E-state index is 0.0913. The first kappa shape index (κ1) is 18.6. The average Bonchev–Trinajstić information content (AvgIpc) is 2.68. The highest BCUT2D eigenvalue weighted by Gasteiger charge is 2.33. The van der Waals surface area contributed by atoms with Crippen molar-refractivity contribution in [3.63, 3.8) is 0 Å². The van der Waals surface area contributed by atoms with Crippen molar-refractivity contribution in [1.82, 2.24) is 4.90 Å². The van der Waals surface area contributed by atoms with Crippen LogP contribution in [0.15, 0.2) is 48.5 Å². The number of carbonyl (C=O) groups is 2. The standard InChI is InChI=1S/C21H21N3O3/c1-27-21(26)19-12-16-4-2-3-5-17(16)13-24(19)14-20(25)23-18-8-6-15(7-9-18)10-11-22/h2-9,19H,10,12-14H2,1H3,(H,23,25)/t19-/m1/s1. The number of nitriles is 1. The number of amides is 1. The Balaban J connectivity index is 1.69. The summed E-state index contributed by atoms with van der Waals surface area (Å²) in [6.07, 6.45) is 0.862. The molecule has 1 aliphatic heterocycles. The third-order valence-electron chi connectivity index (χ3n) is 4.69. The zero-order chi connectivity index (χ0) is 19.2. The lowest BCUT2D eigenvalue weighted by atomic mass is 9.94. The number of nitrogens with zero attached hydrogens (tertiary/aromatic N) is 2. The van der Waals surface area contributed by atoms with Crippen LogP contribution in [0.1, 0.15) is 16.7 Å². The zero-order valence-electron chi connectivity index (χ0n) is 15.1. The third kappa shape index (κ3) is 4.52. The molecule has 1 amide bonds. The van der Waals surface area contributed by atoms with E-state index in [9.17, 15) is 9.59 Å². The van der Waals surface area contributed by atoms with E-state index in [0.717, 1.165) is 16.7 Å². The molecule has 2 aromatic carbocycles. The highest BCUT2D eigenvalue weighted by atomic mass is 16.5. The molecule has 0 aliphatic carbocycles. The Morgan fingerprint density at radius 3 is 2.56 bits per heavy atom. The second-order valence-corrected chi connectivity index (χ2v) is 6.50.